The molecule has 0 saturated heterocycles. The van der Waals surface area contributed by atoms with Gasteiger partial charge in [0.1, 0.15) is 25.4 Å². The molecule has 0 amide bonds. The van der Waals surface area contributed by atoms with Crippen molar-refractivity contribution in [2.75, 3.05) is 33.4 Å². The minimum atomic E-state index is -4.35. The molecule has 2 bridgehead atoms. The summed E-state index contributed by atoms with van der Waals surface area (Å²) < 4.78 is 35.3. The topological polar surface area (TPSA) is 91.3 Å². The highest BCUT2D eigenvalue weighted by Gasteiger charge is 2.42. The van der Waals surface area contributed by atoms with Crippen molar-refractivity contribution in [3.05, 3.63) is 23.9 Å². The number of fused-ring (bicyclic) bond motifs is 1. The smallest absolute Gasteiger partial charge is 0.457 e. The monoisotopic (exact) mass is 572 g/mol. The molecule has 5 atom stereocenters. The summed E-state index contributed by atoms with van der Waals surface area (Å²) in [5.74, 6) is -0.491. The molecule has 2 aliphatic heterocycles. The number of carbonyl (C=O) groups is 1. The number of quaternary nitrogens is 1. The molecule has 0 aromatic rings. The molecule has 0 aromatic carbocycles. The second kappa shape index (κ2) is 18.4. The SMILES string of the molecule is CCCCCCCCCCCCCCCCOC(C)C(COP(=O)(O)OC1C[N+]2(C)C=C1C=CC2)OC(C)=O. The maximum Gasteiger partial charge on any atom is 0.473 e. The zero-order valence-electron chi connectivity index (χ0n) is 25.0. The summed E-state index contributed by atoms with van der Waals surface area (Å²) in [6.07, 6.45) is 22.3. The normalized spacial score (nSPS) is 23.3. The largest absolute Gasteiger partial charge is 0.473 e. The van der Waals surface area contributed by atoms with Gasteiger partial charge in [0.15, 0.2) is 6.10 Å². The second-order valence-electron chi connectivity index (χ2n) is 11.6. The Morgan fingerprint density at radius 1 is 1.03 bits per heavy atom. The lowest BCUT2D eigenvalue weighted by Gasteiger charge is -2.27. The van der Waals surface area contributed by atoms with Crippen LogP contribution in [-0.4, -0.2) is 67.0 Å². The number of hydrogen-bond acceptors (Lipinski definition) is 6. The van der Waals surface area contributed by atoms with Gasteiger partial charge in [-0.1, -0.05) is 90.4 Å². The molecule has 2 heterocycles. The number of rotatable bonds is 23. The fourth-order valence-corrected chi connectivity index (χ4v) is 6.20. The van der Waals surface area contributed by atoms with Gasteiger partial charge < -0.3 is 14.4 Å². The minimum absolute atomic E-state index is 0.277. The van der Waals surface area contributed by atoms with Gasteiger partial charge in [0.05, 0.1) is 19.8 Å². The van der Waals surface area contributed by atoms with Gasteiger partial charge in [0.2, 0.25) is 0 Å². The van der Waals surface area contributed by atoms with Gasteiger partial charge in [-0.25, -0.2) is 4.57 Å². The number of esters is 1. The van der Waals surface area contributed by atoms with E-state index < -0.39 is 32.1 Å². The number of ether oxygens (including phenoxy) is 2. The molecule has 0 aromatic heterocycles. The molecule has 39 heavy (non-hydrogen) atoms. The third-order valence-electron chi connectivity index (χ3n) is 7.63. The Hall–Kier alpha value is -1.02. The zero-order chi connectivity index (χ0) is 28.6. The summed E-state index contributed by atoms with van der Waals surface area (Å²) in [6, 6.07) is 0. The standard InChI is InChI=1S/C30H54NO7P/c1-5-6-7-8-9-10-11-12-13-14-15-16-17-18-22-35-26(2)30(37-27(3)32)25-36-39(33,34)38-29-24-31(4)21-19-20-28(29)23-31/h19-20,23,26,29-30H,5-18,21-22,24-25H2,1-4H3/p+1. The van der Waals surface area contributed by atoms with E-state index in [4.69, 9.17) is 18.5 Å². The average molecular weight is 573 g/mol. The Morgan fingerprint density at radius 2 is 1.59 bits per heavy atom. The highest BCUT2D eigenvalue weighted by molar-refractivity contribution is 7.47. The van der Waals surface area contributed by atoms with Crippen LogP contribution in [0.5, 0.6) is 0 Å². The Kier molecular flexibility index (Phi) is 16.1. The van der Waals surface area contributed by atoms with Crippen LogP contribution in [0.25, 0.3) is 0 Å². The van der Waals surface area contributed by atoms with E-state index >= 15 is 0 Å². The molecule has 0 saturated carbocycles. The molecule has 8 nitrogen and oxygen atoms in total. The average Bonchev–Trinajstić information content (AvgIpc) is 3.09. The highest BCUT2D eigenvalue weighted by Crippen LogP contribution is 2.48. The van der Waals surface area contributed by atoms with Crippen molar-refractivity contribution >= 4 is 13.8 Å². The molecule has 226 valence electrons. The van der Waals surface area contributed by atoms with Crippen LogP contribution in [0.15, 0.2) is 23.9 Å². The summed E-state index contributed by atoms with van der Waals surface area (Å²) in [7, 11) is -2.31. The van der Waals surface area contributed by atoms with Gasteiger partial charge in [-0.3, -0.25) is 18.3 Å². The highest BCUT2D eigenvalue weighted by atomic mass is 31.2. The molecule has 1 N–H and O–H groups in total. The summed E-state index contributed by atoms with van der Waals surface area (Å²) in [4.78, 5) is 22.0. The Balaban J connectivity index is 1.56. The summed E-state index contributed by atoms with van der Waals surface area (Å²) in [5, 5.41) is 0. The fraction of sp³-hybridized carbons (Fsp3) is 0.833. The molecule has 0 radical (unpaired) electrons. The maximum atomic E-state index is 12.7. The lowest BCUT2D eigenvalue weighted by Crippen LogP contribution is -2.39. The predicted molar refractivity (Wildman–Crippen MR) is 155 cm³/mol. The van der Waals surface area contributed by atoms with Crippen LogP contribution in [0.3, 0.4) is 0 Å². The van der Waals surface area contributed by atoms with Crippen molar-refractivity contribution in [2.45, 2.75) is 129 Å². The number of unbranched alkanes of at least 4 members (excludes halogenated alkanes) is 13. The van der Waals surface area contributed by atoms with E-state index in [0.717, 1.165) is 25.0 Å². The van der Waals surface area contributed by atoms with E-state index in [1.54, 1.807) is 6.92 Å². The molecule has 0 spiro atoms. The first-order valence-corrected chi connectivity index (χ1v) is 16.8. The van der Waals surface area contributed by atoms with Gasteiger partial charge in [-0.05, 0) is 25.5 Å². The second-order valence-corrected chi connectivity index (χ2v) is 13.0. The summed E-state index contributed by atoms with van der Waals surface area (Å²) >= 11 is 0. The van der Waals surface area contributed by atoms with Crippen LogP contribution in [0.2, 0.25) is 0 Å². The van der Waals surface area contributed by atoms with Gasteiger partial charge in [0, 0.05) is 19.1 Å². The number of phosphoric ester groups is 1. The minimum Gasteiger partial charge on any atom is -0.457 e. The molecule has 2 rings (SSSR count). The Morgan fingerprint density at radius 3 is 2.13 bits per heavy atom. The van der Waals surface area contributed by atoms with Gasteiger partial charge in [-0.2, -0.15) is 0 Å². The number of carbonyl (C=O) groups excluding carboxylic acids is 1. The van der Waals surface area contributed by atoms with E-state index in [-0.39, 0.29) is 6.61 Å². The van der Waals surface area contributed by atoms with E-state index in [9.17, 15) is 14.3 Å². The first kappa shape index (κ1) is 34.2. The Labute approximate surface area is 237 Å². The van der Waals surface area contributed by atoms with Crippen LogP contribution in [0.4, 0.5) is 0 Å². The Bertz CT molecular complexity index is 817. The van der Waals surface area contributed by atoms with Gasteiger partial charge >= 0.3 is 13.8 Å². The first-order chi connectivity index (χ1) is 18.6. The third-order valence-corrected chi connectivity index (χ3v) is 8.63. The first-order valence-electron chi connectivity index (χ1n) is 15.3. The quantitative estimate of drug-likeness (QED) is 0.0598. The van der Waals surface area contributed by atoms with Crippen molar-refractivity contribution in [3.8, 4) is 0 Å². The lowest BCUT2D eigenvalue weighted by molar-refractivity contribution is -0.850. The third kappa shape index (κ3) is 14.4. The van der Waals surface area contributed by atoms with Crippen LogP contribution >= 0.6 is 7.82 Å². The number of likely N-dealkylation sites (N-methyl/N-ethyl adjacent to an activating group) is 1. The van der Waals surface area contributed by atoms with Crippen molar-refractivity contribution in [1.29, 1.82) is 0 Å². The lowest BCUT2D eigenvalue weighted by atomic mass is 10.0. The number of hydrogen-bond donors (Lipinski definition) is 1. The zero-order valence-corrected chi connectivity index (χ0v) is 25.9. The van der Waals surface area contributed by atoms with E-state index in [1.165, 1.54) is 84.0 Å². The predicted octanol–water partition coefficient (Wildman–Crippen LogP) is 7.22. The number of nitrogens with zero attached hydrogens (tertiary/aromatic N) is 1. The van der Waals surface area contributed by atoms with Gasteiger partial charge in [-0.15, -0.1) is 0 Å². The molecule has 0 aliphatic carbocycles. The van der Waals surface area contributed by atoms with E-state index in [0.29, 0.717) is 17.6 Å². The molecule has 5 unspecified atom stereocenters. The maximum absolute atomic E-state index is 12.7. The van der Waals surface area contributed by atoms with Crippen molar-refractivity contribution in [3.63, 3.8) is 0 Å². The van der Waals surface area contributed by atoms with Crippen LogP contribution in [0.1, 0.15) is 111 Å². The summed E-state index contributed by atoms with van der Waals surface area (Å²) in [5.41, 5.74) is 0.878. The van der Waals surface area contributed by atoms with Crippen LogP contribution in [0, 0.1) is 0 Å². The van der Waals surface area contributed by atoms with Crippen molar-refractivity contribution < 1.29 is 37.3 Å². The molecular weight excluding hydrogens is 517 g/mol. The molecule has 2 aliphatic rings. The molecular formula is C30H55NO7P+. The van der Waals surface area contributed by atoms with E-state index in [2.05, 4.69) is 6.92 Å². The van der Waals surface area contributed by atoms with Crippen LogP contribution < -0.4 is 0 Å². The molecule has 9 heteroatoms. The van der Waals surface area contributed by atoms with E-state index in [1.807, 2.05) is 25.4 Å². The van der Waals surface area contributed by atoms with Gasteiger partial charge in [0.25, 0.3) is 0 Å². The summed E-state index contributed by atoms with van der Waals surface area (Å²) in [6.45, 7) is 7.02. The number of phosphoric acid groups is 1. The van der Waals surface area contributed by atoms with Crippen molar-refractivity contribution in [1.82, 2.24) is 0 Å². The van der Waals surface area contributed by atoms with Crippen LogP contribution in [-0.2, 0) is 27.9 Å². The molecule has 0 fully saturated rings. The van der Waals surface area contributed by atoms with Crippen molar-refractivity contribution in [2.24, 2.45) is 0 Å². The fourth-order valence-electron chi connectivity index (χ4n) is 5.29.